The predicted octanol–water partition coefficient (Wildman–Crippen LogP) is 2.19. The molecular formula is C16H28N4O3. The number of aryl methyl sites for hydroxylation is 2. The van der Waals surface area contributed by atoms with E-state index in [1.807, 2.05) is 27.7 Å². The van der Waals surface area contributed by atoms with Crippen LogP contribution < -0.4 is 10.5 Å². The Balaban J connectivity index is 1.93. The second kappa shape index (κ2) is 6.29. The van der Waals surface area contributed by atoms with Gasteiger partial charge in [-0.3, -0.25) is 0 Å². The zero-order chi connectivity index (χ0) is 17.4. The Bertz CT molecular complexity index is 577. The summed E-state index contributed by atoms with van der Waals surface area (Å²) in [5, 5.41) is 4.24. The predicted molar refractivity (Wildman–Crippen MR) is 88.3 cm³/mol. The van der Waals surface area contributed by atoms with Crippen LogP contribution in [0.4, 0.5) is 10.6 Å². The van der Waals surface area contributed by atoms with Gasteiger partial charge >= 0.3 is 6.09 Å². The zero-order valence-corrected chi connectivity index (χ0v) is 14.9. The first-order valence-electron chi connectivity index (χ1n) is 7.98. The van der Waals surface area contributed by atoms with Crippen molar-refractivity contribution in [2.45, 2.75) is 40.2 Å². The number of nitrogens with zero attached hydrogens (tertiary/aromatic N) is 3. The lowest BCUT2D eigenvalue weighted by molar-refractivity contribution is 0.0282. The molecule has 0 spiro atoms. The summed E-state index contributed by atoms with van der Waals surface area (Å²) in [7, 11) is 1.79. The van der Waals surface area contributed by atoms with Gasteiger partial charge in [-0.25, -0.2) is 9.48 Å². The Morgan fingerprint density at radius 3 is 2.57 bits per heavy atom. The first-order chi connectivity index (χ1) is 10.6. The average Bonchev–Trinajstić information content (AvgIpc) is 2.88. The Morgan fingerprint density at radius 2 is 2.04 bits per heavy atom. The van der Waals surface area contributed by atoms with E-state index in [-0.39, 0.29) is 12.0 Å². The topological polar surface area (TPSA) is 82.6 Å². The molecule has 1 aromatic rings. The molecule has 1 aliphatic heterocycles. The summed E-state index contributed by atoms with van der Waals surface area (Å²) in [6.45, 7) is 11.4. The Labute approximate surface area is 137 Å². The van der Waals surface area contributed by atoms with Gasteiger partial charge in [-0.05, 0) is 33.6 Å². The zero-order valence-electron chi connectivity index (χ0n) is 14.9. The number of carbonyl (C=O) groups is 1. The van der Waals surface area contributed by atoms with Crippen molar-refractivity contribution in [3.05, 3.63) is 5.69 Å². The number of anilines is 1. The molecule has 1 aromatic heterocycles. The molecule has 130 valence electrons. The number of likely N-dealkylation sites (tertiary alicyclic amines) is 1. The molecule has 0 aromatic carbocycles. The van der Waals surface area contributed by atoms with E-state index in [1.165, 1.54) is 0 Å². The standard InChI is InChI=1S/C16H28N4O3/c1-10-7-20(15(21)23-16(3,4)5)8-12(10)9-22-13-11(2)18-19(6)14(13)17/h10,12H,7-9,17H2,1-6H3/t10-,12+/m1/s1. The first-order valence-corrected chi connectivity index (χ1v) is 7.98. The Kier molecular flexibility index (Phi) is 4.77. The summed E-state index contributed by atoms with van der Waals surface area (Å²) in [5.74, 6) is 1.76. The van der Waals surface area contributed by atoms with Gasteiger partial charge in [-0.2, -0.15) is 5.10 Å². The molecule has 0 radical (unpaired) electrons. The van der Waals surface area contributed by atoms with E-state index in [1.54, 1.807) is 16.6 Å². The molecule has 2 atom stereocenters. The largest absolute Gasteiger partial charge is 0.487 e. The van der Waals surface area contributed by atoms with Crippen LogP contribution in [0.15, 0.2) is 0 Å². The molecule has 1 aliphatic rings. The fourth-order valence-corrected chi connectivity index (χ4v) is 2.75. The maximum absolute atomic E-state index is 12.2. The van der Waals surface area contributed by atoms with Gasteiger partial charge in [0.15, 0.2) is 11.6 Å². The number of nitrogen functional groups attached to an aromatic ring is 1. The molecule has 0 unspecified atom stereocenters. The number of rotatable bonds is 3. The molecular weight excluding hydrogens is 296 g/mol. The number of amides is 1. The van der Waals surface area contributed by atoms with Crippen molar-refractivity contribution in [2.24, 2.45) is 18.9 Å². The van der Waals surface area contributed by atoms with Gasteiger partial charge in [-0.1, -0.05) is 6.92 Å². The summed E-state index contributed by atoms with van der Waals surface area (Å²) in [6, 6.07) is 0. The van der Waals surface area contributed by atoms with E-state index >= 15 is 0 Å². The second-order valence-electron chi connectivity index (χ2n) is 7.36. The third-order valence-corrected chi connectivity index (χ3v) is 4.07. The van der Waals surface area contributed by atoms with Crippen molar-refractivity contribution < 1.29 is 14.3 Å². The van der Waals surface area contributed by atoms with Crippen molar-refractivity contribution in [2.75, 3.05) is 25.4 Å². The molecule has 2 N–H and O–H groups in total. The van der Waals surface area contributed by atoms with E-state index in [4.69, 9.17) is 15.2 Å². The summed E-state index contributed by atoms with van der Waals surface area (Å²) < 4.78 is 12.9. The van der Waals surface area contributed by atoms with Gasteiger partial charge < -0.3 is 20.1 Å². The summed E-state index contributed by atoms with van der Waals surface area (Å²) in [5.41, 5.74) is 6.26. The van der Waals surface area contributed by atoms with Crippen LogP contribution >= 0.6 is 0 Å². The highest BCUT2D eigenvalue weighted by molar-refractivity contribution is 5.68. The van der Waals surface area contributed by atoms with Gasteiger partial charge in [0.05, 0.1) is 6.61 Å². The molecule has 2 heterocycles. The van der Waals surface area contributed by atoms with Gasteiger partial charge in [0.25, 0.3) is 0 Å². The number of hydrogen-bond donors (Lipinski definition) is 1. The third-order valence-electron chi connectivity index (χ3n) is 4.07. The van der Waals surface area contributed by atoms with Crippen molar-refractivity contribution in [1.29, 1.82) is 0 Å². The van der Waals surface area contributed by atoms with Crippen LogP contribution in [0.1, 0.15) is 33.4 Å². The van der Waals surface area contributed by atoms with Crippen LogP contribution in [0, 0.1) is 18.8 Å². The highest BCUT2D eigenvalue weighted by Crippen LogP contribution is 2.29. The van der Waals surface area contributed by atoms with Crippen LogP contribution in [0.3, 0.4) is 0 Å². The SMILES string of the molecule is Cc1nn(C)c(N)c1OC[C@@H]1CN(C(=O)OC(C)(C)C)C[C@H]1C. The minimum atomic E-state index is -0.476. The quantitative estimate of drug-likeness (QED) is 0.921. The highest BCUT2D eigenvalue weighted by Gasteiger charge is 2.35. The molecule has 0 bridgehead atoms. The van der Waals surface area contributed by atoms with Gasteiger partial charge in [0.2, 0.25) is 0 Å². The maximum Gasteiger partial charge on any atom is 0.410 e. The lowest BCUT2D eigenvalue weighted by Crippen LogP contribution is -2.35. The van der Waals surface area contributed by atoms with Crippen molar-refractivity contribution in [3.63, 3.8) is 0 Å². The second-order valence-corrected chi connectivity index (χ2v) is 7.36. The molecule has 1 fully saturated rings. The van der Waals surface area contributed by atoms with E-state index in [0.29, 0.717) is 37.2 Å². The monoisotopic (exact) mass is 324 g/mol. The van der Waals surface area contributed by atoms with Gasteiger partial charge in [-0.15, -0.1) is 0 Å². The number of ether oxygens (including phenoxy) is 2. The van der Waals surface area contributed by atoms with E-state index in [0.717, 1.165) is 5.69 Å². The van der Waals surface area contributed by atoms with Crippen LogP contribution in [0.2, 0.25) is 0 Å². The Hall–Kier alpha value is -1.92. The fourth-order valence-electron chi connectivity index (χ4n) is 2.75. The molecule has 23 heavy (non-hydrogen) atoms. The number of nitrogens with two attached hydrogens (primary N) is 1. The first kappa shape index (κ1) is 17.4. The third kappa shape index (κ3) is 4.09. The van der Waals surface area contributed by atoms with E-state index < -0.39 is 5.60 Å². The molecule has 2 rings (SSSR count). The number of hydrogen-bond acceptors (Lipinski definition) is 5. The molecule has 7 heteroatoms. The molecule has 1 saturated heterocycles. The summed E-state index contributed by atoms with van der Waals surface area (Å²) >= 11 is 0. The lowest BCUT2D eigenvalue weighted by atomic mass is 9.99. The van der Waals surface area contributed by atoms with Gasteiger partial charge in [0.1, 0.15) is 11.3 Å². The van der Waals surface area contributed by atoms with Crippen LogP contribution in [-0.2, 0) is 11.8 Å². The van der Waals surface area contributed by atoms with Crippen LogP contribution in [-0.4, -0.2) is 46.1 Å². The van der Waals surface area contributed by atoms with Crippen LogP contribution in [0.5, 0.6) is 5.75 Å². The molecule has 1 amide bonds. The number of carbonyl (C=O) groups excluding carboxylic acids is 1. The minimum absolute atomic E-state index is 0.251. The molecule has 0 saturated carbocycles. The van der Waals surface area contributed by atoms with Gasteiger partial charge in [0, 0.05) is 26.1 Å². The smallest absolute Gasteiger partial charge is 0.410 e. The van der Waals surface area contributed by atoms with Crippen molar-refractivity contribution in [1.82, 2.24) is 14.7 Å². The average molecular weight is 324 g/mol. The summed E-state index contributed by atoms with van der Waals surface area (Å²) in [6.07, 6.45) is -0.260. The lowest BCUT2D eigenvalue weighted by Gasteiger charge is -2.24. The Morgan fingerprint density at radius 1 is 1.39 bits per heavy atom. The normalized spacial score (nSPS) is 21.6. The van der Waals surface area contributed by atoms with Crippen LogP contribution in [0.25, 0.3) is 0 Å². The number of aromatic nitrogens is 2. The van der Waals surface area contributed by atoms with E-state index in [9.17, 15) is 4.79 Å². The highest BCUT2D eigenvalue weighted by atomic mass is 16.6. The summed E-state index contributed by atoms with van der Waals surface area (Å²) in [4.78, 5) is 13.9. The molecule has 7 nitrogen and oxygen atoms in total. The molecule has 0 aliphatic carbocycles. The van der Waals surface area contributed by atoms with E-state index in [2.05, 4.69) is 12.0 Å². The fraction of sp³-hybridized carbons (Fsp3) is 0.750. The van der Waals surface area contributed by atoms with Crippen molar-refractivity contribution >= 4 is 11.9 Å². The maximum atomic E-state index is 12.2. The minimum Gasteiger partial charge on any atom is -0.487 e. The van der Waals surface area contributed by atoms with Crippen molar-refractivity contribution in [3.8, 4) is 5.75 Å².